The van der Waals surface area contributed by atoms with Crippen molar-refractivity contribution in [2.75, 3.05) is 6.61 Å². The maximum Gasteiger partial charge on any atom is 0.130 e. The number of hydrogen-bond donors (Lipinski definition) is 0. The Kier molecular flexibility index (Phi) is 5.16. The number of rotatable bonds is 4. The molecule has 2 aromatic carbocycles. The van der Waals surface area contributed by atoms with Gasteiger partial charge in [0.15, 0.2) is 0 Å². The zero-order chi connectivity index (χ0) is 14.7. The highest BCUT2D eigenvalue weighted by Gasteiger charge is 2.18. The number of alkyl halides is 1. The molecule has 0 saturated heterocycles. The van der Waals surface area contributed by atoms with Crippen molar-refractivity contribution < 1.29 is 13.5 Å². The second-order valence-electron chi connectivity index (χ2n) is 4.14. The first-order valence-electron chi connectivity index (χ1n) is 6.04. The summed E-state index contributed by atoms with van der Waals surface area (Å²) in [6.45, 7) is 2.49. The van der Waals surface area contributed by atoms with Gasteiger partial charge in [0, 0.05) is 16.1 Å². The second-order valence-corrected chi connectivity index (χ2v) is 5.91. The molecule has 0 saturated carbocycles. The Morgan fingerprint density at radius 3 is 2.40 bits per heavy atom. The Morgan fingerprint density at radius 2 is 1.80 bits per heavy atom. The first-order chi connectivity index (χ1) is 9.52. The molecule has 2 rings (SSSR count). The van der Waals surface area contributed by atoms with E-state index >= 15 is 0 Å². The minimum Gasteiger partial charge on any atom is -0.494 e. The Morgan fingerprint density at radius 1 is 1.10 bits per heavy atom. The average molecular weight is 406 g/mol. The largest absolute Gasteiger partial charge is 0.494 e. The van der Waals surface area contributed by atoms with Crippen molar-refractivity contribution in [2.45, 2.75) is 11.8 Å². The first-order valence-corrected chi connectivity index (χ1v) is 7.75. The zero-order valence-corrected chi connectivity index (χ0v) is 13.8. The molecule has 0 radical (unpaired) electrons. The monoisotopic (exact) mass is 404 g/mol. The minimum atomic E-state index is -0.586. The van der Waals surface area contributed by atoms with Crippen LogP contribution in [-0.2, 0) is 0 Å². The Balaban J connectivity index is 2.35. The molecule has 0 heterocycles. The third-order valence-corrected chi connectivity index (χ3v) is 4.46. The van der Waals surface area contributed by atoms with Crippen LogP contribution in [0.25, 0.3) is 0 Å². The van der Waals surface area contributed by atoms with Crippen molar-refractivity contribution in [3.63, 3.8) is 0 Å². The summed E-state index contributed by atoms with van der Waals surface area (Å²) < 4.78 is 33.0. The van der Waals surface area contributed by atoms with E-state index in [2.05, 4.69) is 31.9 Å². The van der Waals surface area contributed by atoms with Crippen LogP contribution in [0.5, 0.6) is 5.75 Å². The van der Waals surface area contributed by atoms with E-state index in [1.165, 1.54) is 12.1 Å². The van der Waals surface area contributed by atoms with E-state index in [4.69, 9.17) is 4.74 Å². The quantitative estimate of drug-likeness (QED) is 0.600. The summed E-state index contributed by atoms with van der Waals surface area (Å²) in [5, 5.41) is 0. The fourth-order valence-electron chi connectivity index (χ4n) is 1.84. The highest BCUT2D eigenvalue weighted by atomic mass is 79.9. The van der Waals surface area contributed by atoms with E-state index in [-0.39, 0.29) is 4.83 Å². The van der Waals surface area contributed by atoms with Crippen molar-refractivity contribution in [1.29, 1.82) is 0 Å². The molecule has 1 nitrogen and oxygen atoms in total. The molecular formula is C15H12Br2F2O. The molecule has 0 aliphatic carbocycles. The van der Waals surface area contributed by atoms with Crippen LogP contribution in [0.15, 0.2) is 40.9 Å². The van der Waals surface area contributed by atoms with Crippen LogP contribution in [0.2, 0.25) is 0 Å². The molecule has 2 aromatic rings. The molecule has 0 N–H and O–H groups in total. The van der Waals surface area contributed by atoms with Gasteiger partial charge in [0.05, 0.1) is 11.4 Å². The summed E-state index contributed by atoms with van der Waals surface area (Å²) in [6, 6.07) is 9.05. The third kappa shape index (κ3) is 3.38. The van der Waals surface area contributed by atoms with E-state index in [9.17, 15) is 8.78 Å². The normalized spacial score (nSPS) is 12.2. The number of hydrogen-bond acceptors (Lipinski definition) is 1. The summed E-state index contributed by atoms with van der Waals surface area (Å²) >= 11 is 6.90. The van der Waals surface area contributed by atoms with E-state index in [1.54, 1.807) is 0 Å². The molecule has 0 aliphatic rings. The van der Waals surface area contributed by atoms with Crippen LogP contribution in [0.3, 0.4) is 0 Å². The Hall–Kier alpha value is -0.940. The molecular weight excluding hydrogens is 394 g/mol. The molecule has 0 spiro atoms. The van der Waals surface area contributed by atoms with E-state index in [1.807, 2.05) is 25.1 Å². The molecule has 0 aromatic heterocycles. The van der Waals surface area contributed by atoms with Crippen molar-refractivity contribution >= 4 is 31.9 Å². The predicted octanol–water partition coefficient (Wildman–Crippen LogP) is 5.61. The van der Waals surface area contributed by atoms with Crippen molar-refractivity contribution in [3.8, 4) is 5.75 Å². The molecule has 0 aliphatic heterocycles. The predicted molar refractivity (Wildman–Crippen MR) is 82.4 cm³/mol. The SMILES string of the molecule is CCOc1ccc(C(Br)c2ccc(F)cc2F)c(Br)c1. The highest BCUT2D eigenvalue weighted by Crippen LogP contribution is 2.38. The van der Waals surface area contributed by atoms with Crippen LogP contribution in [0.4, 0.5) is 8.78 Å². The first kappa shape index (κ1) is 15.4. The maximum atomic E-state index is 13.8. The minimum absolute atomic E-state index is 0.367. The summed E-state index contributed by atoms with van der Waals surface area (Å²) in [6.07, 6.45) is 0. The van der Waals surface area contributed by atoms with Crippen LogP contribution < -0.4 is 4.74 Å². The van der Waals surface area contributed by atoms with Gasteiger partial charge in [-0.05, 0) is 30.7 Å². The molecule has 0 bridgehead atoms. The topological polar surface area (TPSA) is 9.23 Å². The van der Waals surface area contributed by atoms with Gasteiger partial charge in [-0.2, -0.15) is 0 Å². The smallest absolute Gasteiger partial charge is 0.130 e. The Bertz CT molecular complexity index is 617. The molecule has 106 valence electrons. The lowest BCUT2D eigenvalue weighted by Crippen LogP contribution is -1.99. The summed E-state index contributed by atoms with van der Waals surface area (Å²) in [5.74, 6) is -0.424. The molecule has 0 amide bonds. The van der Waals surface area contributed by atoms with Gasteiger partial charge in [-0.1, -0.05) is 44.0 Å². The molecule has 1 atom stereocenters. The van der Waals surface area contributed by atoms with E-state index in [0.29, 0.717) is 12.2 Å². The molecule has 5 heteroatoms. The molecule has 20 heavy (non-hydrogen) atoms. The summed E-state index contributed by atoms with van der Waals surface area (Å²) in [7, 11) is 0. The van der Waals surface area contributed by atoms with Gasteiger partial charge < -0.3 is 4.74 Å². The van der Waals surface area contributed by atoms with Crippen LogP contribution in [0.1, 0.15) is 22.9 Å². The standard InChI is InChI=1S/C15H12Br2F2O/c1-2-20-10-4-6-11(13(16)8-10)15(17)12-5-3-9(18)7-14(12)19/h3-8,15H,2H2,1H3. The van der Waals surface area contributed by atoms with Crippen LogP contribution in [0, 0.1) is 11.6 Å². The maximum absolute atomic E-state index is 13.8. The summed E-state index contributed by atoms with van der Waals surface area (Å²) in [4.78, 5) is -0.367. The van der Waals surface area contributed by atoms with Gasteiger partial charge in [0.1, 0.15) is 17.4 Å². The number of ether oxygens (including phenoxy) is 1. The number of benzene rings is 2. The average Bonchev–Trinajstić information content (AvgIpc) is 2.38. The van der Waals surface area contributed by atoms with Crippen molar-refractivity contribution in [3.05, 3.63) is 63.6 Å². The lowest BCUT2D eigenvalue weighted by Gasteiger charge is -2.15. The molecule has 0 fully saturated rings. The van der Waals surface area contributed by atoms with Crippen molar-refractivity contribution in [1.82, 2.24) is 0 Å². The van der Waals surface area contributed by atoms with Crippen molar-refractivity contribution in [2.24, 2.45) is 0 Å². The van der Waals surface area contributed by atoms with Gasteiger partial charge >= 0.3 is 0 Å². The fraction of sp³-hybridized carbons (Fsp3) is 0.200. The van der Waals surface area contributed by atoms with Gasteiger partial charge in [0.2, 0.25) is 0 Å². The van der Waals surface area contributed by atoms with Crippen LogP contribution >= 0.6 is 31.9 Å². The van der Waals surface area contributed by atoms with Gasteiger partial charge in [-0.3, -0.25) is 0 Å². The second kappa shape index (κ2) is 6.68. The Labute approximate surface area is 133 Å². The van der Waals surface area contributed by atoms with Gasteiger partial charge in [-0.15, -0.1) is 0 Å². The molecule has 1 unspecified atom stereocenters. The third-order valence-electron chi connectivity index (χ3n) is 2.79. The lowest BCUT2D eigenvalue weighted by atomic mass is 10.0. The van der Waals surface area contributed by atoms with Gasteiger partial charge in [0.25, 0.3) is 0 Å². The van der Waals surface area contributed by atoms with E-state index in [0.717, 1.165) is 21.9 Å². The van der Waals surface area contributed by atoms with Crippen LogP contribution in [-0.4, -0.2) is 6.61 Å². The van der Waals surface area contributed by atoms with E-state index < -0.39 is 11.6 Å². The highest BCUT2D eigenvalue weighted by molar-refractivity contribution is 9.11. The fourth-order valence-corrected chi connectivity index (χ4v) is 3.51. The number of halogens is 4. The lowest BCUT2D eigenvalue weighted by molar-refractivity contribution is 0.340. The van der Waals surface area contributed by atoms with Gasteiger partial charge in [-0.25, -0.2) is 8.78 Å². The zero-order valence-electron chi connectivity index (χ0n) is 10.7. The summed E-state index contributed by atoms with van der Waals surface area (Å²) in [5.41, 5.74) is 1.23.